The number of nitrogen functional groups attached to an aromatic ring is 1. The van der Waals surface area contributed by atoms with Gasteiger partial charge in [-0.2, -0.15) is 0 Å². The summed E-state index contributed by atoms with van der Waals surface area (Å²) >= 11 is 6.16. The maximum absolute atomic E-state index is 6.16. The van der Waals surface area contributed by atoms with Crippen molar-refractivity contribution in [3.8, 4) is 11.3 Å². The van der Waals surface area contributed by atoms with Gasteiger partial charge in [-0.15, -0.1) is 0 Å². The number of hydrogen-bond acceptors (Lipinski definition) is 4. The molecule has 3 rings (SSSR count). The topological polar surface area (TPSA) is 64.7 Å². The lowest BCUT2D eigenvalue weighted by atomic mass is 10.1. The molecule has 0 aliphatic heterocycles. The normalized spacial score (nSPS) is 10.7. The van der Waals surface area contributed by atoms with Crippen LogP contribution in [-0.4, -0.2) is 15.0 Å². The Morgan fingerprint density at radius 3 is 2.78 bits per heavy atom. The summed E-state index contributed by atoms with van der Waals surface area (Å²) in [6.07, 6.45) is 3.16. The molecule has 0 atom stereocenters. The van der Waals surface area contributed by atoms with Gasteiger partial charge in [-0.25, -0.2) is 9.97 Å². The SMILES string of the molecule is Nc1ncnc(-c2cccc3ncccc23)c1Cl. The summed E-state index contributed by atoms with van der Waals surface area (Å²) in [6, 6.07) is 9.66. The first-order valence-electron chi connectivity index (χ1n) is 5.37. The maximum atomic E-state index is 6.16. The Labute approximate surface area is 108 Å². The third kappa shape index (κ3) is 1.67. The summed E-state index contributed by atoms with van der Waals surface area (Å²) < 4.78 is 0. The quantitative estimate of drug-likeness (QED) is 0.727. The molecular formula is C13H9ClN4. The fraction of sp³-hybridized carbons (Fsp3) is 0. The molecule has 0 aliphatic carbocycles. The van der Waals surface area contributed by atoms with Gasteiger partial charge in [0.15, 0.2) is 0 Å². The molecule has 3 aromatic rings. The summed E-state index contributed by atoms with van der Waals surface area (Å²) in [7, 11) is 0. The van der Waals surface area contributed by atoms with E-state index in [1.165, 1.54) is 6.33 Å². The van der Waals surface area contributed by atoms with Crippen LogP contribution in [0.15, 0.2) is 42.9 Å². The molecule has 0 saturated carbocycles. The van der Waals surface area contributed by atoms with Crippen LogP contribution in [0.2, 0.25) is 5.02 Å². The zero-order valence-corrected chi connectivity index (χ0v) is 10.1. The second-order valence-electron chi connectivity index (χ2n) is 3.80. The zero-order chi connectivity index (χ0) is 12.5. The number of aromatic nitrogens is 3. The predicted molar refractivity (Wildman–Crippen MR) is 72.2 cm³/mol. The van der Waals surface area contributed by atoms with Gasteiger partial charge >= 0.3 is 0 Å². The average molecular weight is 257 g/mol. The minimum Gasteiger partial charge on any atom is -0.382 e. The average Bonchev–Trinajstić information content (AvgIpc) is 2.41. The van der Waals surface area contributed by atoms with E-state index in [-0.39, 0.29) is 5.82 Å². The van der Waals surface area contributed by atoms with Crippen molar-refractivity contribution >= 4 is 28.3 Å². The van der Waals surface area contributed by atoms with Crippen LogP contribution < -0.4 is 5.73 Å². The minimum atomic E-state index is 0.280. The highest BCUT2D eigenvalue weighted by Crippen LogP contribution is 2.32. The number of fused-ring (bicyclic) bond motifs is 1. The number of anilines is 1. The fourth-order valence-corrected chi connectivity index (χ4v) is 2.08. The van der Waals surface area contributed by atoms with Crippen LogP contribution in [0.1, 0.15) is 0 Å². The Morgan fingerprint density at radius 1 is 1.00 bits per heavy atom. The lowest BCUT2D eigenvalue weighted by molar-refractivity contribution is 1.18. The summed E-state index contributed by atoms with van der Waals surface area (Å²) in [5.41, 5.74) is 8.13. The molecule has 18 heavy (non-hydrogen) atoms. The highest BCUT2D eigenvalue weighted by atomic mass is 35.5. The summed E-state index contributed by atoms with van der Waals surface area (Å²) in [5, 5.41) is 1.36. The standard InChI is InChI=1S/C13H9ClN4/c14-11-12(17-7-18-13(11)15)9-3-1-5-10-8(9)4-2-6-16-10/h1-7H,(H2,15,17,18). The molecule has 0 fully saturated rings. The molecule has 4 nitrogen and oxygen atoms in total. The van der Waals surface area contributed by atoms with E-state index in [0.717, 1.165) is 16.5 Å². The van der Waals surface area contributed by atoms with Crippen molar-refractivity contribution in [1.29, 1.82) is 0 Å². The first-order valence-corrected chi connectivity index (χ1v) is 5.75. The van der Waals surface area contributed by atoms with Gasteiger partial charge < -0.3 is 5.73 Å². The van der Waals surface area contributed by atoms with Gasteiger partial charge in [0.1, 0.15) is 17.2 Å². The monoisotopic (exact) mass is 256 g/mol. The number of nitrogens with zero attached hydrogens (tertiary/aromatic N) is 3. The van der Waals surface area contributed by atoms with E-state index < -0.39 is 0 Å². The first kappa shape index (κ1) is 10.9. The van der Waals surface area contributed by atoms with Gasteiger partial charge in [0.05, 0.1) is 11.2 Å². The van der Waals surface area contributed by atoms with Crippen molar-refractivity contribution in [2.75, 3.05) is 5.73 Å². The van der Waals surface area contributed by atoms with Crippen LogP contribution in [0, 0.1) is 0 Å². The molecule has 0 bridgehead atoms. The molecule has 1 aromatic carbocycles. The van der Waals surface area contributed by atoms with Crippen molar-refractivity contribution in [2.24, 2.45) is 0 Å². The van der Waals surface area contributed by atoms with E-state index in [1.54, 1.807) is 6.20 Å². The second-order valence-corrected chi connectivity index (χ2v) is 4.18. The highest BCUT2D eigenvalue weighted by molar-refractivity contribution is 6.35. The fourth-order valence-electron chi connectivity index (χ4n) is 1.88. The summed E-state index contributed by atoms with van der Waals surface area (Å²) in [4.78, 5) is 12.4. The lowest BCUT2D eigenvalue weighted by Gasteiger charge is -2.07. The van der Waals surface area contributed by atoms with Gasteiger partial charge in [-0.1, -0.05) is 29.8 Å². The van der Waals surface area contributed by atoms with E-state index in [0.29, 0.717) is 10.7 Å². The van der Waals surface area contributed by atoms with Crippen LogP contribution in [0.4, 0.5) is 5.82 Å². The number of pyridine rings is 1. The Bertz CT molecular complexity index is 722. The molecule has 88 valence electrons. The van der Waals surface area contributed by atoms with Gasteiger partial charge in [0.25, 0.3) is 0 Å². The van der Waals surface area contributed by atoms with Gasteiger partial charge in [-0.3, -0.25) is 4.98 Å². The van der Waals surface area contributed by atoms with Crippen LogP contribution in [0.3, 0.4) is 0 Å². The summed E-state index contributed by atoms with van der Waals surface area (Å²) in [6.45, 7) is 0. The lowest BCUT2D eigenvalue weighted by Crippen LogP contribution is -1.96. The summed E-state index contributed by atoms with van der Waals surface area (Å²) in [5.74, 6) is 0.280. The van der Waals surface area contributed by atoms with Gasteiger partial charge in [0, 0.05) is 17.1 Å². The molecule has 2 N–H and O–H groups in total. The second kappa shape index (κ2) is 4.23. The Hall–Kier alpha value is -2.20. The highest BCUT2D eigenvalue weighted by Gasteiger charge is 2.11. The molecule has 0 saturated heterocycles. The maximum Gasteiger partial charge on any atom is 0.146 e. The van der Waals surface area contributed by atoms with E-state index >= 15 is 0 Å². The molecular weight excluding hydrogens is 248 g/mol. The van der Waals surface area contributed by atoms with E-state index in [4.69, 9.17) is 17.3 Å². The van der Waals surface area contributed by atoms with Crippen LogP contribution in [0.5, 0.6) is 0 Å². The first-order chi connectivity index (χ1) is 8.77. The van der Waals surface area contributed by atoms with Crippen LogP contribution >= 0.6 is 11.6 Å². The number of rotatable bonds is 1. The molecule has 0 aliphatic rings. The predicted octanol–water partition coefficient (Wildman–Crippen LogP) is 2.93. The molecule has 0 unspecified atom stereocenters. The van der Waals surface area contributed by atoms with Crippen LogP contribution in [-0.2, 0) is 0 Å². The third-order valence-electron chi connectivity index (χ3n) is 2.72. The minimum absolute atomic E-state index is 0.280. The largest absolute Gasteiger partial charge is 0.382 e. The van der Waals surface area contributed by atoms with Crippen LogP contribution in [0.25, 0.3) is 22.2 Å². The molecule has 0 radical (unpaired) electrons. The van der Waals surface area contributed by atoms with Crippen molar-refractivity contribution in [3.05, 3.63) is 47.9 Å². The Balaban J connectivity index is 2.35. The van der Waals surface area contributed by atoms with Crippen molar-refractivity contribution in [1.82, 2.24) is 15.0 Å². The van der Waals surface area contributed by atoms with Crippen molar-refractivity contribution in [2.45, 2.75) is 0 Å². The molecule has 2 aromatic heterocycles. The smallest absolute Gasteiger partial charge is 0.146 e. The number of benzene rings is 1. The van der Waals surface area contributed by atoms with Crippen molar-refractivity contribution in [3.63, 3.8) is 0 Å². The molecule has 0 spiro atoms. The zero-order valence-electron chi connectivity index (χ0n) is 9.34. The number of nitrogens with two attached hydrogens (primary N) is 1. The van der Waals surface area contributed by atoms with E-state index in [2.05, 4.69) is 15.0 Å². The number of halogens is 1. The molecule has 0 amide bonds. The van der Waals surface area contributed by atoms with E-state index in [1.807, 2.05) is 30.3 Å². The number of hydrogen-bond donors (Lipinski definition) is 1. The van der Waals surface area contributed by atoms with Crippen molar-refractivity contribution < 1.29 is 0 Å². The third-order valence-corrected chi connectivity index (χ3v) is 3.09. The molecule has 5 heteroatoms. The Kier molecular flexibility index (Phi) is 2.57. The van der Waals surface area contributed by atoms with Gasteiger partial charge in [0.2, 0.25) is 0 Å². The van der Waals surface area contributed by atoms with E-state index in [9.17, 15) is 0 Å². The van der Waals surface area contributed by atoms with Gasteiger partial charge in [-0.05, 0) is 12.1 Å². The Morgan fingerprint density at radius 2 is 1.89 bits per heavy atom. The molecule has 2 heterocycles.